The summed E-state index contributed by atoms with van der Waals surface area (Å²) in [5.74, 6) is -0.711. The van der Waals surface area contributed by atoms with Gasteiger partial charge in [-0.25, -0.2) is 4.98 Å². The molecule has 3 atom stereocenters. The first kappa shape index (κ1) is 25.7. The highest BCUT2D eigenvalue weighted by Crippen LogP contribution is 2.29. The Morgan fingerprint density at radius 2 is 1.92 bits per heavy atom. The lowest BCUT2D eigenvalue weighted by molar-refractivity contribution is -0.134. The van der Waals surface area contributed by atoms with Crippen molar-refractivity contribution >= 4 is 51.6 Å². The number of amides is 3. The normalized spacial score (nSPS) is 21.9. The molecule has 0 bridgehead atoms. The molecular weight excluding hydrogens is 512 g/mol. The number of nitrogens with zero attached hydrogens (tertiary/aromatic N) is 3. The number of fused-ring (bicyclic) bond motifs is 2. The number of nitrogens with one attached hydrogen (secondary N) is 3. The third-order valence-corrected chi connectivity index (χ3v) is 8.53. The third-order valence-electron chi connectivity index (χ3n) is 7.22. The molecule has 0 radical (unpaired) electrons. The fourth-order valence-electron chi connectivity index (χ4n) is 5.21. The summed E-state index contributed by atoms with van der Waals surface area (Å²) in [6, 6.07) is 6.45. The Kier molecular flexibility index (Phi) is 7.24. The fraction of sp³-hybridized carbons (Fsp3) is 0.462. The summed E-state index contributed by atoms with van der Waals surface area (Å²) in [6.07, 6.45) is 2.48. The zero-order valence-corrected chi connectivity index (χ0v) is 22.7. The number of benzene rings is 1. The minimum absolute atomic E-state index is 0.0317. The van der Waals surface area contributed by atoms with Crippen LogP contribution >= 0.6 is 22.9 Å². The molecule has 1 aliphatic carbocycles. The first-order valence-corrected chi connectivity index (χ1v) is 13.7. The largest absolute Gasteiger partial charge is 0.351 e. The summed E-state index contributed by atoms with van der Waals surface area (Å²) in [5, 5.41) is 8.07. The molecule has 1 fully saturated rings. The second-order valence-corrected chi connectivity index (χ2v) is 11.7. The van der Waals surface area contributed by atoms with E-state index < -0.39 is 6.04 Å². The summed E-state index contributed by atoms with van der Waals surface area (Å²) >= 11 is 7.51. The van der Waals surface area contributed by atoms with Gasteiger partial charge in [0.15, 0.2) is 5.01 Å². The molecule has 2 aliphatic rings. The van der Waals surface area contributed by atoms with Crippen LogP contribution in [0, 0.1) is 5.92 Å². The van der Waals surface area contributed by atoms with Gasteiger partial charge in [-0.15, -0.1) is 11.3 Å². The number of halogens is 1. The summed E-state index contributed by atoms with van der Waals surface area (Å²) in [5.41, 5.74) is 2.23. The molecule has 3 heterocycles. The summed E-state index contributed by atoms with van der Waals surface area (Å²) in [6.45, 7) is 1.71. The van der Waals surface area contributed by atoms with E-state index in [-0.39, 0.29) is 29.7 Å². The van der Waals surface area contributed by atoms with Crippen LogP contribution in [0.5, 0.6) is 0 Å². The molecule has 1 unspecified atom stereocenters. The van der Waals surface area contributed by atoms with E-state index in [4.69, 9.17) is 11.6 Å². The number of hydrogen-bond donors (Lipinski definition) is 3. The van der Waals surface area contributed by atoms with Crippen molar-refractivity contribution in [3.8, 4) is 0 Å². The lowest BCUT2D eigenvalue weighted by Gasteiger charge is -2.37. The maximum Gasteiger partial charge on any atom is 0.280 e. The number of rotatable bonds is 5. The first-order valence-electron chi connectivity index (χ1n) is 12.5. The molecule has 11 heteroatoms. The molecule has 0 spiro atoms. The predicted octanol–water partition coefficient (Wildman–Crippen LogP) is 3.05. The lowest BCUT2D eigenvalue weighted by Crippen LogP contribution is -2.56. The molecule has 3 amide bonds. The number of aromatic nitrogens is 2. The summed E-state index contributed by atoms with van der Waals surface area (Å²) in [7, 11) is 5.54. The van der Waals surface area contributed by atoms with Crippen LogP contribution in [-0.4, -0.2) is 77.3 Å². The number of thiazole rings is 1. The number of H-pyrrole nitrogens is 1. The molecule has 1 aliphatic heterocycles. The van der Waals surface area contributed by atoms with Gasteiger partial charge in [0.05, 0.1) is 11.7 Å². The third kappa shape index (κ3) is 5.51. The highest BCUT2D eigenvalue weighted by atomic mass is 35.5. The number of likely N-dealkylation sites (N-methyl/N-ethyl adjacent to an activating group) is 1. The minimum atomic E-state index is -0.401. The van der Waals surface area contributed by atoms with Crippen LogP contribution < -0.4 is 10.6 Å². The summed E-state index contributed by atoms with van der Waals surface area (Å²) in [4.78, 5) is 51.8. The lowest BCUT2D eigenvalue weighted by atomic mass is 9.81. The zero-order chi connectivity index (χ0) is 26.3. The van der Waals surface area contributed by atoms with Crippen LogP contribution in [-0.2, 0) is 17.8 Å². The molecule has 37 heavy (non-hydrogen) atoms. The van der Waals surface area contributed by atoms with E-state index in [1.807, 2.05) is 6.07 Å². The van der Waals surface area contributed by atoms with E-state index >= 15 is 0 Å². The Morgan fingerprint density at radius 1 is 1.14 bits per heavy atom. The van der Waals surface area contributed by atoms with Crippen molar-refractivity contribution in [3.63, 3.8) is 0 Å². The maximum absolute atomic E-state index is 13.3. The highest BCUT2D eigenvalue weighted by Gasteiger charge is 2.37. The average Bonchev–Trinajstić information content (AvgIpc) is 3.48. The monoisotopic (exact) mass is 542 g/mol. The van der Waals surface area contributed by atoms with Crippen LogP contribution in [0.4, 0.5) is 0 Å². The van der Waals surface area contributed by atoms with Gasteiger partial charge < -0.3 is 25.4 Å². The number of carbonyl (C=O) groups excluding carboxylic acids is 3. The van der Waals surface area contributed by atoms with Gasteiger partial charge in [-0.2, -0.15) is 0 Å². The smallest absolute Gasteiger partial charge is 0.280 e. The molecule has 9 nitrogen and oxygen atoms in total. The average molecular weight is 543 g/mol. The van der Waals surface area contributed by atoms with Gasteiger partial charge >= 0.3 is 0 Å². The molecule has 196 valence electrons. The van der Waals surface area contributed by atoms with Gasteiger partial charge in [-0.05, 0) is 50.6 Å². The topological polar surface area (TPSA) is 110 Å². The standard InChI is InChI=1S/C26H31ClN6O3S/c1-32(2)26(36)14-4-6-18(29-23(34)21-12-15-10-16(27)5-7-17(15)28-21)20(11-14)30-24(35)25-31-19-8-9-33(3)13-22(19)37-25/h5,7,10,12,14,18,20,28H,4,6,8-9,11,13H2,1-3H3,(H,29,34)(H,30,35)/t14-,18-,20?/m0/s1. The van der Waals surface area contributed by atoms with Crippen molar-refractivity contribution in [2.45, 2.75) is 44.3 Å². The molecule has 5 rings (SSSR count). The van der Waals surface area contributed by atoms with Gasteiger partial charge in [0.1, 0.15) is 5.69 Å². The van der Waals surface area contributed by atoms with Crippen molar-refractivity contribution in [1.82, 2.24) is 30.4 Å². The SMILES string of the molecule is CN1CCc2nc(C(=O)NC3C[C@@H](C(=O)N(C)C)CC[C@@H]3NC(=O)c3cc4cc(Cl)ccc4[nH]3)sc2C1. The Labute approximate surface area is 224 Å². The first-order chi connectivity index (χ1) is 17.7. The van der Waals surface area contributed by atoms with Crippen molar-refractivity contribution in [2.24, 2.45) is 5.92 Å². The molecule has 3 aromatic rings. The number of hydrogen-bond acceptors (Lipinski definition) is 6. The Bertz CT molecular complexity index is 1350. The number of aromatic amines is 1. The summed E-state index contributed by atoms with van der Waals surface area (Å²) < 4.78 is 0. The minimum Gasteiger partial charge on any atom is -0.351 e. The van der Waals surface area contributed by atoms with Gasteiger partial charge in [0.2, 0.25) is 5.91 Å². The van der Waals surface area contributed by atoms with Crippen LogP contribution in [0.15, 0.2) is 24.3 Å². The van der Waals surface area contributed by atoms with Gasteiger partial charge in [0, 0.05) is 66.4 Å². The maximum atomic E-state index is 13.3. The van der Waals surface area contributed by atoms with Crippen molar-refractivity contribution in [1.29, 1.82) is 0 Å². The van der Waals surface area contributed by atoms with E-state index in [0.29, 0.717) is 35.0 Å². The molecular formula is C26H31ClN6O3S. The second-order valence-electron chi connectivity index (χ2n) is 10.2. The molecule has 1 aromatic carbocycles. The van der Waals surface area contributed by atoms with E-state index in [0.717, 1.165) is 41.0 Å². The molecule has 3 N–H and O–H groups in total. The van der Waals surface area contributed by atoms with Crippen molar-refractivity contribution in [2.75, 3.05) is 27.7 Å². The Hall–Kier alpha value is -2.95. The Balaban J connectivity index is 1.34. The van der Waals surface area contributed by atoms with E-state index in [9.17, 15) is 14.4 Å². The van der Waals surface area contributed by atoms with Gasteiger partial charge in [-0.1, -0.05) is 11.6 Å². The zero-order valence-electron chi connectivity index (χ0n) is 21.1. The van der Waals surface area contributed by atoms with Crippen LogP contribution in [0.2, 0.25) is 5.02 Å². The molecule has 0 saturated heterocycles. The Morgan fingerprint density at radius 3 is 2.70 bits per heavy atom. The predicted molar refractivity (Wildman–Crippen MR) is 144 cm³/mol. The molecule has 2 aromatic heterocycles. The van der Waals surface area contributed by atoms with Crippen LogP contribution in [0.25, 0.3) is 10.9 Å². The van der Waals surface area contributed by atoms with Crippen LogP contribution in [0.3, 0.4) is 0 Å². The van der Waals surface area contributed by atoms with E-state index in [2.05, 4.69) is 32.5 Å². The quantitative estimate of drug-likeness (QED) is 0.459. The van der Waals surface area contributed by atoms with Crippen LogP contribution in [0.1, 0.15) is 50.1 Å². The second kappa shape index (κ2) is 10.4. The van der Waals surface area contributed by atoms with Gasteiger partial charge in [-0.3, -0.25) is 14.4 Å². The van der Waals surface area contributed by atoms with Gasteiger partial charge in [0.25, 0.3) is 11.8 Å². The fourth-order valence-corrected chi connectivity index (χ4v) is 6.49. The highest BCUT2D eigenvalue weighted by molar-refractivity contribution is 7.13. The van der Waals surface area contributed by atoms with Crippen molar-refractivity contribution in [3.05, 3.63) is 50.6 Å². The van der Waals surface area contributed by atoms with E-state index in [1.165, 1.54) is 11.3 Å². The number of carbonyl (C=O) groups is 3. The van der Waals surface area contributed by atoms with E-state index in [1.54, 1.807) is 37.2 Å². The van der Waals surface area contributed by atoms with Crippen molar-refractivity contribution < 1.29 is 14.4 Å². The molecule has 1 saturated carbocycles.